The Labute approximate surface area is 151 Å². The molecule has 2 heterocycles. The van der Waals surface area contributed by atoms with E-state index >= 15 is 0 Å². The van der Waals surface area contributed by atoms with Crippen LogP contribution in [0, 0.1) is 5.92 Å². The molecule has 1 aromatic heterocycles. The summed E-state index contributed by atoms with van der Waals surface area (Å²) in [7, 11) is 0. The summed E-state index contributed by atoms with van der Waals surface area (Å²) in [5, 5.41) is 9.52. The number of ether oxygens (including phenoxy) is 1. The lowest BCUT2D eigenvalue weighted by Crippen LogP contribution is -2.37. The normalized spacial score (nSPS) is 18.9. The summed E-state index contributed by atoms with van der Waals surface area (Å²) in [4.78, 5) is 22.3. The van der Waals surface area contributed by atoms with Crippen LogP contribution in [0.25, 0.3) is 0 Å². The van der Waals surface area contributed by atoms with Crippen molar-refractivity contribution in [3.05, 3.63) is 22.3 Å². The fourth-order valence-electron chi connectivity index (χ4n) is 2.63. The van der Waals surface area contributed by atoms with E-state index in [0.29, 0.717) is 6.54 Å². The van der Waals surface area contributed by atoms with Crippen molar-refractivity contribution in [2.24, 2.45) is 10.9 Å². The number of hydrogen-bond acceptors (Lipinski definition) is 5. The van der Waals surface area contributed by atoms with Gasteiger partial charge in [0.05, 0.1) is 6.61 Å². The summed E-state index contributed by atoms with van der Waals surface area (Å²) in [5.41, 5.74) is 0.256. The Balaban J connectivity index is 2.04. The van der Waals surface area contributed by atoms with Gasteiger partial charge in [-0.2, -0.15) is 4.99 Å². The molecule has 1 N–H and O–H groups in total. The van der Waals surface area contributed by atoms with E-state index in [4.69, 9.17) is 4.74 Å². The van der Waals surface area contributed by atoms with Gasteiger partial charge in [0.25, 0.3) is 0 Å². The topological polar surface area (TPSA) is 75.0 Å². The Morgan fingerprint density at radius 3 is 2.96 bits per heavy atom. The highest BCUT2D eigenvalue weighted by Gasteiger charge is 2.22. The first kappa shape index (κ1) is 18.9. The third kappa shape index (κ3) is 5.56. The lowest BCUT2D eigenvalue weighted by atomic mass is 9.99. The highest BCUT2D eigenvalue weighted by atomic mass is 79.9. The summed E-state index contributed by atoms with van der Waals surface area (Å²) in [6.45, 7) is 6.98. The van der Waals surface area contributed by atoms with Crippen LogP contribution < -0.4 is 4.90 Å². The molecule has 0 bridgehead atoms. The molecule has 1 aromatic rings. The van der Waals surface area contributed by atoms with Crippen molar-refractivity contribution in [3.63, 3.8) is 0 Å². The maximum absolute atomic E-state index is 11.7. The number of hydrogen-bond donors (Lipinski definition) is 1. The number of piperidine rings is 1. The van der Waals surface area contributed by atoms with Gasteiger partial charge in [0.2, 0.25) is 0 Å². The number of aliphatic hydroxyl groups is 1. The lowest BCUT2D eigenvalue weighted by Gasteiger charge is -2.33. The first-order valence-electron chi connectivity index (χ1n) is 8.07. The summed E-state index contributed by atoms with van der Waals surface area (Å²) < 4.78 is 5.93. The highest BCUT2D eigenvalue weighted by molar-refractivity contribution is 9.10. The van der Waals surface area contributed by atoms with Gasteiger partial charge in [-0.1, -0.05) is 6.07 Å². The second-order valence-electron chi connectivity index (χ2n) is 6.88. The molecule has 24 heavy (non-hydrogen) atoms. The van der Waals surface area contributed by atoms with Crippen molar-refractivity contribution in [2.45, 2.75) is 45.8 Å². The Bertz CT molecular complexity index is 614. The van der Waals surface area contributed by atoms with Crippen molar-refractivity contribution >= 4 is 34.1 Å². The molecule has 0 spiro atoms. The molecule has 1 unspecified atom stereocenters. The van der Waals surface area contributed by atoms with E-state index in [1.54, 1.807) is 6.21 Å². The summed E-state index contributed by atoms with van der Waals surface area (Å²) in [6, 6.07) is 3.69. The Morgan fingerprint density at radius 1 is 1.54 bits per heavy atom. The summed E-state index contributed by atoms with van der Waals surface area (Å²) in [6.07, 6.45) is 3.06. The number of amides is 1. The third-order valence-electron chi connectivity index (χ3n) is 3.63. The molecular formula is C17H24BrN3O3. The minimum atomic E-state index is -0.559. The second kappa shape index (κ2) is 8.07. The van der Waals surface area contributed by atoms with Gasteiger partial charge in [-0.25, -0.2) is 9.78 Å². The monoisotopic (exact) mass is 397 g/mol. The van der Waals surface area contributed by atoms with E-state index in [9.17, 15) is 9.90 Å². The quantitative estimate of drug-likeness (QED) is 0.623. The first-order chi connectivity index (χ1) is 11.3. The zero-order chi connectivity index (χ0) is 17.7. The molecule has 6 nitrogen and oxygen atoms in total. The average Bonchev–Trinajstić information content (AvgIpc) is 2.51. The molecule has 0 radical (unpaired) electrons. The van der Waals surface area contributed by atoms with Crippen LogP contribution in [-0.4, -0.2) is 41.1 Å². The van der Waals surface area contributed by atoms with Gasteiger partial charge in [-0.05, 0) is 55.6 Å². The molecule has 1 atom stereocenters. The Hall–Kier alpha value is -1.47. The average molecular weight is 398 g/mol. The largest absolute Gasteiger partial charge is 0.442 e. The SMILES string of the molecule is CC(C)(C)OC(=O)/N=C\C1CCCN(c2nc(Br)ccc2CO)C1. The number of nitrogens with zero attached hydrogens (tertiary/aromatic N) is 3. The van der Waals surface area contributed by atoms with Crippen LogP contribution >= 0.6 is 15.9 Å². The molecule has 1 aliphatic rings. The van der Waals surface area contributed by atoms with Gasteiger partial charge in [0.15, 0.2) is 0 Å². The van der Waals surface area contributed by atoms with E-state index in [1.165, 1.54) is 0 Å². The highest BCUT2D eigenvalue weighted by Crippen LogP contribution is 2.26. The molecular weight excluding hydrogens is 374 g/mol. The van der Waals surface area contributed by atoms with Crippen LogP contribution in [0.2, 0.25) is 0 Å². The van der Waals surface area contributed by atoms with E-state index in [-0.39, 0.29) is 12.5 Å². The number of aliphatic hydroxyl groups excluding tert-OH is 1. The maximum Gasteiger partial charge on any atom is 0.433 e. The van der Waals surface area contributed by atoms with E-state index < -0.39 is 11.7 Å². The molecule has 2 rings (SSSR count). The van der Waals surface area contributed by atoms with Crippen LogP contribution in [0.3, 0.4) is 0 Å². The van der Waals surface area contributed by atoms with Crippen molar-refractivity contribution in [1.29, 1.82) is 0 Å². The number of aromatic nitrogens is 1. The van der Waals surface area contributed by atoms with E-state index in [1.807, 2.05) is 32.9 Å². The molecule has 0 aliphatic carbocycles. The van der Waals surface area contributed by atoms with Crippen LogP contribution in [0.4, 0.5) is 10.6 Å². The molecule has 7 heteroatoms. The number of carbonyl (C=O) groups is 1. The van der Waals surface area contributed by atoms with Crippen LogP contribution in [-0.2, 0) is 11.3 Å². The smallest absolute Gasteiger partial charge is 0.433 e. The third-order valence-corrected chi connectivity index (χ3v) is 4.08. The Kier molecular flexibility index (Phi) is 6.34. The summed E-state index contributed by atoms with van der Waals surface area (Å²) in [5.74, 6) is 0.931. The first-order valence-corrected chi connectivity index (χ1v) is 8.86. The van der Waals surface area contributed by atoms with Gasteiger partial charge >= 0.3 is 6.09 Å². The molecule has 132 valence electrons. The lowest BCUT2D eigenvalue weighted by molar-refractivity contribution is 0.0604. The van der Waals surface area contributed by atoms with Gasteiger partial charge in [-0.3, -0.25) is 0 Å². The van der Waals surface area contributed by atoms with Crippen molar-refractivity contribution < 1.29 is 14.6 Å². The van der Waals surface area contributed by atoms with Crippen LogP contribution in [0.1, 0.15) is 39.2 Å². The number of rotatable bonds is 3. The number of halogens is 1. The number of aliphatic imine (C=N–C) groups is 1. The van der Waals surface area contributed by atoms with Crippen LogP contribution in [0.5, 0.6) is 0 Å². The fourth-order valence-corrected chi connectivity index (χ4v) is 2.93. The zero-order valence-electron chi connectivity index (χ0n) is 14.3. The van der Waals surface area contributed by atoms with Crippen molar-refractivity contribution in [1.82, 2.24) is 4.98 Å². The molecule has 1 aliphatic heterocycles. The van der Waals surface area contributed by atoms with Gasteiger partial charge in [0.1, 0.15) is 16.0 Å². The fraction of sp³-hybridized carbons (Fsp3) is 0.588. The maximum atomic E-state index is 11.7. The minimum absolute atomic E-state index is 0.0528. The van der Waals surface area contributed by atoms with Gasteiger partial charge in [-0.15, -0.1) is 0 Å². The predicted octanol–water partition coefficient (Wildman–Crippen LogP) is 3.56. The number of anilines is 1. The minimum Gasteiger partial charge on any atom is -0.442 e. The van der Waals surface area contributed by atoms with Gasteiger partial charge in [0, 0.05) is 30.8 Å². The second-order valence-corrected chi connectivity index (χ2v) is 7.69. The molecule has 0 aromatic carbocycles. The number of pyridine rings is 1. The molecule has 1 saturated heterocycles. The standard InChI is InChI=1S/C17H24BrN3O3/c1-17(2,3)24-16(23)19-9-12-5-4-8-21(10-12)15-13(11-22)6-7-14(18)20-15/h6-7,9,12,22H,4-5,8,10-11H2,1-3H3/b19-9-. The molecule has 1 fully saturated rings. The Morgan fingerprint density at radius 2 is 2.29 bits per heavy atom. The zero-order valence-corrected chi connectivity index (χ0v) is 15.9. The summed E-state index contributed by atoms with van der Waals surface area (Å²) >= 11 is 3.38. The van der Waals surface area contributed by atoms with Crippen molar-refractivity contribution in [3.8, 4) is 0 Å². The van der Waals surface area contributed by atoms with E-state index in [2.05, 4.69) is 30.8 Å². The molecule has 1 amide bonds. The van der Waals surface area contributed by atoms with E-state index in [0.717, 1.165) is 35.4 Å². The molecule has 0 saturated carbocycles. The van der Waals surface area contributed by atoms with Gasteiger partial charge < -0.3 is 14.7 Å². The number of carbonyl (C=O) groups excluding carboxylic acids is 1. The van der Waals surface area contributed by atoms with Crippen LogP contribution in [0.15, 0.2) is 21.7 Å². The predicted molar refractivity (Wildman–Crippen MR) is 97.5 cm³/mol. The van der Waals surface area contributed by atoms with Crippen molar-refractivity contribution in [2.75, 3.05) is 18.0 Å².